The Labute approximate surface area is 115 Å². The Bertz CT molecular complexity index is 503. The molecule has 1 heterocycles. The normalized spacial score (nSPS) is 21.8. The molecule has 102 valence electrons. The fourth-order valence-corrected chi connectivity index (χ4v) is 3.78. The molecule has 2 aliphatic rings. The maximum Gasteiger partial charge on any atom is 0.226 e. The number of hydrogen-bond acceptors (Lipinski definition) is 2. The Hall–Kier alpha value is -1.51. The van der Waals surface area contributed by atoms with Crippen molar-refractivity contribution in [2.45, 2.75) is 51.0 Å². The highest BCUT2D eigenvalue weighted by Crippen LogP contribution is 2.44. The third kappa shape index (κ3) is 2.01. The predicted molar refractivity (Wildman–Crippen MR) is 78.6 cm³/mol. The largest absolute Gasteiger partial charge is 0.367 e. The van der Waals surface area contributed by atoms with E-state index in [1.165, 1.54) is 30.5 Å². The van der Waals surface area contributed by atoms with Crippen LogP contribution in [0.1, 0.15) is 44.1 Å². The van der Waals surface area contributed by atoms with Crippen LogP contribution < -0.4 is 10.2 Å². The van der Waals surface area contributed by atoms with Crippen molar-refractivity contribution in [3.8, 4) is 0 Å². The number of aryl methyl sites for hydroxylation is 1. The van der Waals surface area contributed by atoms with Gasteiger partial charge >= 0.3 is 0 Å². The molecule has 1 aliphatic heterocycles. The van der Waals surface area contributed by atoms with Gasteiger partial charge in [-0.05, 0) is 31.4 Å². The maximum absolute atomic E-state index is 12.2. The highest BCUT2D eigenvalue weighted by Gasteiger charge is 2.41. The second-order valence-electron chi connectivity index (χ2n) is 6.04. The molecule has 0 radical (unpaired) electrons. The third-order valence-corrected chi connectivity index (χ3v) is 4.83. The molecule has 1 aliphatic carbocycles. The van der Waals surface area contributed by atoms with Gasteiger partial charge in [0.1, 0.15) is 0 Å². The van der Waals surface area contributed by atoms with E-state index in [0.717, 1.165) is 18.5 Å². The van der Waals surface area contributed by atoms with E-state index in [4.69, 9.17) is 0 Å². The lowest BCUT2D eigenvalue weighted by Gasteiger charge is -2.45. The van der Waals surface area contributed by atoms with Gasteiger partial charge in [-0.3, -0.25) is 4.79 Å². The van der Waals surface area contributed by atoms with E-state index >= 15 is 0 Å². The second kappa shape index (κ2) is 4.55. The summed E-state index contributed by atoms with van der Waals surface area (Å²) >= 11 is 0. The number of nitrogens with zero attached hydrogens (tertiary/aromatic N) is 1. The van der Waals surface area contributed by atoms with Gasteiger partial charge in [-0.25, -0.2) is 0 Å². The monoisotopic (exact) mass is 258 g/mol. The Morgan fingerprint density at radius 3 is 2.68 bits per heavy atom. The molecule has 0 aromatic heterocycles. The lowest BCUT2D eigenvalue weighted by atomic mass is 9.77. The van der Waals surface area contributed by atoms with E-state index < -0.39 is 0 Å². The molecule has 1 aromatic carbocycles. The first-order valence-electron chi connectivity index (χ1n) is 7.26. The van der Waals surface area contributed by atoms with Crippen molar-refractivity contribution in [2.24, 2.45) is 0 Å². The second-order valence-corrected chi connectivity index (χ2v) is 6.04. The third-order valence-electron chi connectivity index (χ3n) is 4.83. The average molecular weight is 258 g/mol. The lowest BCUT2D eigenvalue weighted by Crippen LogP contribution is -2.49. The van der Waals surface area contributed by atoms with Gasteiger partial charge in [-0.15, -0.1) is 0 Å². The first kappa shape index (κ1) is 12.5. The van der Waals surface area contributed by atoms with E-state index in [2.05, 4.69) is 30.3 Å². The van der Waals surface area contributed by atoms with Crippen LogP contribution in [-0.2, 0) is 4.79 Å². The number of fused-ring (bicyclic) bond motifs is 1. The Morgan fingerprint density at radius 1 is 1.21 bits per heavy atom. The molecule has 1 spiro atoms. The van der Waals surface area contributed by atoms with Gasteiger partial charge < -0.3 is 10.2 Å². The molecule has 1 aromatic rings. The molecule has 0 bridgehead atoms. The summed E-state index contributed by atoms with van der Waals surface area (Å²) in [5.41, 5.74) is 3.44. The van der Waals surface area contributed by atoms with Crippen molar-refractivity contribution in [2.75, 3.05) is 17.3 Å². The fraction of sp³-hybridized carbons (Fsp3) is 0.562. The maximum atomic E-state index is 12.2. The summed E-state index contributed by atoms with van der Waals surface area (Å²) in [6.07, 6.45) is 6.66. The molecular formula is C16H22N2O. The molecule has 1 N–H and O–H groups in total. The quantitative estimate of drug-likeness (QED) is 0.772. The molecule has 1 saturated carbocycles. The topological polar surface area (TPSA) is 32.3 Å². The van der Waals surface area contributed by atoms with Gasteiger partial charge in [0.15, 0.2) is 0 Å². The van der Waals surface area contributed by atoms with Gasteiger partial charge in [-0.1, -0.05) is 31.4 Å². The summed E-state index contributed by atoms with van der Waals surface area (Å²) in [5.74, 6) is 0.165. The number of carbonyl (C=O) groups excluding carboxylic acids is 1. The molecule has 0 unspecified atom stereocenters. The summed E-state index contributed by atoms with van der Waals surface area (Å²) in [7, 11) is 2.16. The molecule has 19 heavy (non-hydrogen) atoms. The van der Waals surface area contributed by atoms with Crippen molar-refractivity contribution in [1.29, 1.82) is 0 Å². The highest BCUT2D eigenvalue weighted by atomic mass is 16.1. The predicted octanol–water partition coefficient (Wildman–Crippen LogP) is 3.48. The molecular weight excluding hydrogens is 236 g/mol. The van der Waals surface area contributed by atoms with Crippen LogP contribution in [0.3, 0.4) is 0 Å². The Kier molecular flexibility index (Phi) is 3.00. The van der Waals surface area contributed by atoms with Crippen molar-refractivity contribution < 1.29 is 4.79 Å². The van der Waals surface area contributed by atoms with Crippen molar-refractivity contribution in [3.63, 3.8) is 0 Å². The fourth-order valence-electron chi connectivity index (χ4n) is 3.78. The van der Waals surface area contributed by atoms with Crippen LogP contribution in [-0.4, -0.2) is 18.5 Å². The van der Waals surface area contributed by atoms with E-state index in [1.54, 1.807) is 0 Å². The summed E-state index contributed by atoms with van der Waals surface area (Å²) in [6, 6.07) is 6.16. The van der Waals surface area contributed by atoms with Crippen LogP contribution in [0.4, 0.5) is 11.4 Å². The first-order chi connectivity index (χ1) is 9.12. The number of rotatable bonds is 0. The number of benzene rings is 1. The number of amides is 1. The average Bonchev–Trinajstić information content (AvgIpc) is 2.48. The van der Waals surface area contributed by atoms with E-state index in [-0.39, 0.29) is 11.4 Å². The zero-order valence-electron chi connectivity index (χ0n) is 11.8. The van der Waals surface area contributed by atoms with Gasteiger partial charge in [-0.2, -0.15) is 0 Å². The number of nitrogens with one attached hydrogen (secondary N) is 1. The van der Waals surface area contributed by atoms with Crippen LogP contribution in [0.15, 0.2) is 18.2 Å². The van der Waals surface area contributed by atoms with Crippen molar-refractivity contribution >= 4 is 17.3 Å². The van der Waals surface area contributed by atoms with E-state index in [0.29, 0.717) is 6.42 Å². The molecule has 3 nitrogen and oxygen atoms in total. The van der Waals surface area contributed by atoms with Crippen molar-refractivity contribution in [3.05, 3.63) is 23.8 Å². The molecule has 1 amide bonds. The summed E-state index contributed by atoms with van der Waals surface area (Å²) in [4.78, 5) is 14.6. The van der Waals surface area contributed by atoms with Gasteiger partial charge in [0.05, 0.1) is 17.8 Å². The van der Waals surface area contributed by atoms with Crippen LogP contribution in [0, 0.1) is 6.92 Å². The number of anilines is 2. The minimum Gasteiger partial charge on any atom is -0.367 e. The van der Waals surface area contributed by atoms with E-state index in [1.807, 2.05) is 12.1 Å². The lowest BCUT2D eigenvalue weighted by molar-refractivity contribution is -0.117. The van der Waals surface area contributed by atoms with Crippen LogP contribution in [0.2, 0.25) is 0 Å². The molecule has 0 saturated heterocycles. The van der Waals surface area contributed by atoms with Crippen molar-refractivity contribution in [1.82, 2.24) is 0 Å². The number of carbonyl (C=O) groups is 1. The first-order valence-corrected chi connectivity index (χ1v) is 7.26. The van der Waals surface area contributed by atoms with Crippen LogP contribution >= 0.6 is 0 Å². The molecule has 3 heteroatoms. The Balaban J connectivity index is 2.10. The van der Waals surface area contributed by atoms with Gasteiger partial charge in [0.25, 0.3) is 0 Å². The zero-order valence-corrected chi connectivity index (χ0v) is 11.8. The molecule has 1 fully saturated rings. The van der Waals surface area contributed by atoms with Gasteiger partial charge in [0, 0.05) is 12.6 Å². The summed E-state index contributed by atoms with van der Waals surface area (Å²) in [6.45, 7) is 2.13. The standard InChI is InChI=1S/C16H22N2O/c1-12-7-6-8-13-15(12)18(2)16(11-14(19)17-13)9-4-3-5-10-16/h6-8H,3-5,9-11H2,1-2H3,(H,17,19). The summed E-state index contributed by atoms with van der Waals surface area (Å²) < 4.78 is 0. The Morgan fingerprint density at radius 2 is 1.95 bits per heavy atom. The summed E-state index contributed by atoms with van der Waals surface area (Å²) in [5, 5.41) is 3.08. The van der Waals surface area contributed by atoms with E-state index in [9.17, 15) is 4.79 Å². The van der Waals surface area contributed by atoms with Gasteiger partial charge in [0.2, 0.25) is 5.91 Å². The number of hydrogen-bond donors (Lipinski definition) is 1. The number of para-hydroxylation sites is 1. The smallest absolute Gasteiger partial charge is 0.226 e. The zero-order chi connectivity index (χ0) is 13.5. The van der Waals surface area contributed by atoms with Crippen LogP contribution in [0.5, 0.6) is 0 Å². The molecule has 0 atom stereocenters. The van der Waals surface area contributed by atoms with Crippen LogP contribution in [0.25, 0.3) is 0 Å². The minimum atomic E-state index is 0.0275. The molecule has 3 rings (SSSR count). The SMILES string of the molecule is Cc1cccc2c1N(C)C1(CCCCC1)CC(=O)N2. The highest BCUT2D eigenvalue weighted by molar-refractivity contribution is 5.98. The minimum absolute atomic E-state index is 0.0275.